The molecular weight excluding hydrogens is 248 g/mol. The monoisotopic (exact) mass is 258 g/mol. The summed E-state index contributed by atoms with van der Waals surface area (Å²) < 4.78 is 5.50. The van der Waals surface area contributed by atoms with E-state index in [1.54, 1.807) is 11.0 Å². The van der Waals surface area contributed by atoms with Crippen molar-refractivity contribution in [2.75, 3.05) is 13.1 Å². The van der Waals surface area contributed by atoms with E-state index in [1.165, 1.54) is 6.26 Å². The second-order valence-corrected chi connectivity index (χ2v) is 4.13. The lowest BCUT2D eigenvalue weighted by molar-refractivity contribution is 0.0789. The van der Waals surface area contributed by atoms with Crippen LogP contribution in [0.4, 0.5) is 0 Å². The lowest BCUT2D eigenvalue weighted by atomic mass is 10.3. The number of likely N-dealkylation sites (tertiary alicyclic amines) is 1. The highest BCUT2D eigenvalue weighted by Crippen LogP contribution is 2.21. The van der Waals surface area contributed by atoms with Crippen LogP contribution in [0.15, 0.2) is 21.4 Å². The van der Waals surface area contributed by atoms with Gasteiger partial charge in [-0.05, 0) is 28.4 Å². The van der Waals surface area contributed by atoms with Gasteiger partial charge in [0.05, 0.1) is 11.8 Å². The Morgan fingerprint density at radius 2 is 2.50 bits per heavy atom. The maximum absolute atomic E-state index is 11.9. The van der Waals surface area contributed by atoms with Crippen molar-refractivity contribution < 1.29 is 9.21 Å². The van der Waals surface area contributed by atoms with E-state index in [0.29, 0.717) is 16.8 Å². The lowest BCUT2D eigenvalue weighted by Gasteiger charge is -2.14. The number of hydrogen-bond acceptors (Lipinski definition) is 3. The molecule has 0 aromatic carbocycles. The summed E-state index contributed by atoms with van der Waals surface area (Å²) in [5.41, 5.74) is 6.29. The van der Waals surface area contributed by atoms with Crippen molar-refractivity contribution in [2.45, 2.75) is 12.5 Å². The molecule has 5 heteroatoms. The van der Waals surface area contributed by atoms with Crippen molar-refractivity contribution in [2.24, 2.45) is 5.73 Å². The van der Waals surface area contributed by atoms with Crippen LogP contribution in [0.2, 0.25) is 0 Å². The van der Waals surface area contributed by atoms with Crippen LogP contribution in [0.25, 0.3) is 0 Å². The Labute approximate surface area is 90.2 Å². The first kappa shape index (κ1) is 9.73. The smallest absolute Gasteiger partial charge is 0.258 e. The molecule has 1 aromatic rings. The van der Waals surface area contributed by atoms with Crippen molar-refractivity contribution in [3.8, 4) is 0 Å². The largest absolute Gasteiger partial charge is 0.457 e. The van der Waals surface area contributed by atoms with Gasteiger partial charge < -0.3 is 15.1 Å². The molecule has 2 rings (SSSR count). The van der Waals surface area contributed by atoms with Gasteiger partial charge in [-0.25, -0.2) is 0 Å². The molecule has 1 atom stereocenters. The fraction of sp³-hybridized carbons (Fsp3) is 0.444. The Hall–Kier alpha value is -0.810. The van der Waals surface area contributed by atoms with Gasteiger partial charge in [-0.3, -0.25) is 4.79 Å². The number of nitrogens with zero attached hydrogens (tertiary/aromatic N) is 1. The minimum atomic E-state index is -0.0152. The molecule has 1 aliphatic rings. The molecule has 0 saturated carbocycles. The minimum absolute atomic E-state index is 0.0152. The maximum Gasteiger partial charge on any atom is 0.258 e. The van der Waals surface area contributed by atoms with Gasteiger partial charge in [-0.1, -0.05) is 0 Å². The molecule has 2 N–H and O–H groups in total. The first-order chi connectivity index (χ1) is 6.68. The topological polar surface area (TPSA) is 59.5 Å². The third kappa shape index (κ3) is 1.69. The summed E-state index contributed by atoms with van der Waals surface area (Å²) in [4.78, 5) is 13.6. The quantitative estimate of drug-likeness (QED) is 0.824. The summed E-state index contributed by atoms with van der Waals surface area (Å²) in [6, 6.07) is 1.78. The van der Waals surface area contributed by atoms with Crippen molar-refractivity contribution in [1.82, 2.24) is 4.90 Å². The van der Waals surface area contributed by atoms with Gasteiger partial charge >= 0.3 is 0 Å². The van der Waals surface area contributed by atoms with Gasteiger partial charge in [-0.15, -0.1) is 0 Å². The highest BCUT2D eigenvalue weighted by molar-refractivity contribution is 9.10. The molecule has 0 aliphatic carbocycles. The molecule has 1 amide bonds. The molecule has 0 spiro atoms. The molecule has 1 fully saturated rings. The molecule has 0 bridgehead atoms. The number of carbonyl (C=O) groups is 1. The molecule has 1 aromatic heterocycles. The van der Waals surface area contributed by atoms with E-state index in [-0.39, 0.29) is 11.9 Å². The summed E-state index contributed by atoms with van der Waals surface area (Å²) in [6.45, 7) is 1.37. The van der Waals surface area contributed by atoms with Gasteiger partial charge in [0.2, 0.25) is 0 Å². The molecule has 0 radical (unpaired) electrons. The zero-order valence-electron chi connectivity index (χ0n) is 7.57. The standard InChI is InChI=1S/C9H11BrN2O2/c10-8-7(2-4-14-8)9(13)12-3-1-6(11)5-12/h2,4,6H,1,3,5,11H2. The Bertz CT molecular complexity index is 350. The van der Waals surface area contributed by atoms with Crippen LogP contribution >= 0.6 is 15.9 Å². The summed E-state index contributed by atoms with van der Waals surface area (Å²) in [6.07, 6.45) is 2.37. The van der Waals surface area contributed by atoms with E-state index >= 15 is 0 Å². The van der Waals surface area contributed by atoms with Crippen LogP contribution < -0.4 is 5.73 Å². The molecule has 76 valence electrons. The molecule has 1 unspecified atom stereocenters. The SMILES string of the molecule is NC1CCN(C(=O)c2ccoc2Br)C1. The number of amides is 1. The van der Waals surface area contributed by atoms with E-state index in [4.69, 9.17) is 10.2 Å². The Kier molecular flexibility index (Phi) is 2.60. The van der Waals surface area contributed by atoms with Gasteiger partial charge in [0.15, 0.2) is 4.67 Å². The first-order valence-corrected chi connectivity index (χ1v) is 5.25. The van der Waals surface area contributed by atoms with E-state index in [9.17, 15) is 4.79 Å². The average molecular weight is 259 g/mol. The normalized spacial score (nSPS) is 21.6. The third-order valence-electron chi connectivity index (χ3n) is 2.36. The molecule has 4 nitrogen and oxygen atoms in total. The van der Waals surface area contributed by atoms with E-state index in [2.05, 4.69) is 15.9 Å². The van der Waals surface area contributed by atoms with Crippen molar-refractivity contribution in [3.63, 3.8) is 0 Å². The molecule has 1 saturated heterocycles. The number of nitrogens with two attached hydrogens (primary N) is 1. The Balaban J connectivity index is 2.13. The van der Waals surface area contributed by atoms with Crippen LogP contribution in [0.5, 0.6) is 0 Å². The number of halogens is 1. The predicted octanol–water partition coefficient (Wildman–Crippen LogP) is 1.22. The van der Waals surface area contributed by atoms with Crippen LogP contribution in [0.3, 0.4) is 0 Å². The number of furan rings is 1. The summed E-state index contributed by atoms with van der Waals surface area (Å²) in [5, 5.41) is 0. The zero-order valence-corrected chi connectivity index (χ0v) is 9.16. The maximum atomic E-state index is 11.9. The van der Waals surface area contributed by atoms with Gasteiger partial charge in [0, 0.05) is 19.1 Å². The van der Waals surface area contributed by atoms with Gasteiger partial charge in [-0.2, -0.15) is 0 Å². The van der Waals surface area contributed by atoms with E-state index in [1.807, 2.05) is 0 Å². The number of hydrogen-bond donors (Lipinski definition) is 1. The minimum Gasteiger partial charge on any atom is -0.457 e. The number of rotatable bonds is 1. The Morgan fingerprint density at radius 1 is 1.71 bits per heavy atom. The first-order valence-electron chi connectivity index (χ1n) is 4.46. The van der Waals surface area contributed by atoms with Crippen LogP contribution in [0.1, 0.15) is 16.8 Å². The van der Waals surface area contributed by atoms with Crippen molar-refractivity contribution >= 4 is 21.8 Å². The van der Waals surface area contributed by atoms with E-state index in [0.717, 1.165) is 13.0 Å². The third-order valence-corrected chi connectivity index (χ3v) is 2.97. The van der Waals surface area contributed by atoms with Crippen molar-refractivity contribution in [1.29, 1.82) is 0 Å². The fourth-order valence-electron chi connectivity index (χ4n) is 1.59. The highest BCUT2D eigenvalue weighted by atomic mass is 79.9. The zero-order chi connectivity index (χ0) is 10.1. The average Bonchev–Trinajstić information content (AvgIpc) is 2.73. The summed E-state index contributed by atoms with van der Waals surface area (Å²) >= 11 is 3.18. The van der Waals surface area contributed by atoms with E-state index < -0.39 is 0 Å². The molecule has 2 heterocycles. The van der Waals surface area contributed by atoms with Crippen LogP contribution in [-0.2, 0) is 0 Å². The van der Waals surface area contributed by atoms with Crippen molar-refractivity contribution in [3.05, 3.63) is 22.6 Å². The molecule has 1 aliphatic heterocycles. The lowest BCUT2D eigenvalue weighted by Crippen LogP contribution is -2.31. The predicted molar refractivity (Wildman–Crippen MR) is 54.9 cm³/mol. The highest BCUT2D eigenvalue weighted by Gasteiger charge is 2.26. The van der Waals surface area contributed by atoms with Crippen LogP contribution in [0, 0.1) is 0 Å². The second kappa shape index (κ2) is 3.74. The van der Waals surface area contributed by atoms with Gasteiger partial charge in [0.1, 0.15) is 0 Å². The second-order valence-electron chi connectivity index (χ2n) is 3.41. The molecule has 14 heavy (non-hydrogen) atoms. The molecular formula is C9H11BrN2O2. The Morgan fingerprint density at radius 3 is 3.00 bits per heavy atom. The van der Waals surface area contributed by atoms with Crippen LogP contribution in [-0.4, -0.2) is 29.9 Å². The van der Waals surface area contributed by atoms with Gasteiger partial charge in [0.25, 0.3) is 5.91 Å². The fourth-order valence-corrected chi connectivity index (χ4v) is 2.00. The summed E-state index contributed by atoms with van der Waals surface area (Å²) in [7, 11) is 0. The summed E-state index contributed by atoms with van der Waals surface area (Å²) in [5.74, 6) is -0.0152. The number of carbonyl (C=O) groups excluding carboxylic acids is 1.